The van der Waals surface area contributed by atoms with Crippen molar-refractivity contribution in [3.05, 3.63) is 41.6 Å². The van der Waals surface area contributed by atoms with Gasteiger partial charge in [0.2, 0.25) is 0 Å². The molecule has 0 amide bonds. The number of aryl methyl sites for hydroxylation is 1. The molecule has 2 aromatic rings. The van der Waals surface area contributed by atoms with Crippen LogP contribution < -0.4 is 0 Å². The minimum atomic E-state index is -4.37. The molecule has 20 heavy (non-hydrogen) atoms. The standard InChI is InChI=1S/C14H13F3N2O/c1-2-7-19-8-11(9-20)13(18-19)10-3-5-12(6-4-10)14(15,16)17/h3-6,8-9H,2,7H2,1H3. The zero-order chi connectivity index (χ0) is 14.8. The summed E-state index contributed by atoms with van der Waals surface area (Å²) in [5.41, 5.74) is 0.553. The van der Waals surface area contributed by atoms with E-state index in [1.54, 1.807) is 10.9 Å². The van der Waals surface area contributed by atoms with Gasteiger partial charge in [-0.3, -0.25) is 9.48 Å². The Labute approximate surface area is 114 Å². The van der Waals surface area contributed by atoms with Gasteiger partial charge in [-0.1, -0.05) is 19.1 Å². The van der Waals surface area contributed by atoms with Gasteiger partial charge in [0.1, 0.15) is 5.69 Å². The van der Waals surface area contributed by atoms with Crippen LogP contribution in [0.1, 0.15) is 29.3 Å². The predicted molar refractivity (Wildman–Crippen MR) is 68.3 cm³/mol. The number of halogens is 3. The van der Waals surface area contributed by atoms with E-state index in [2.05, 4.69) is 5.10 Å². The zero-order valence-corrected chi connectivity index (χ0v) is 10.8. The highest BCUT2D eigenvalue weighted by Gasteiger charge is 2.30. The molecule has 0 aliphatic rings. The molecule has 0 fully saturated rings. The number of nitrogens with zero attached hydrogens (tertiary/aromatic N) is 2. The third-order valence-corrected chi connectivity index (χ3v) is 2.86. The van der Waals surface area contributed by atoms with E-state index in [1.165, 1.54) is 12.1 Å². The van der Waals surface area contributed by atoms with E-state index in [0.717, 1.165) is 18.6 Å². The predicted octanol–water partition coefficient (Wildman–Crippen LogP) is 3.79. The fourth-order valence-corrected chi connectivity index (χ4v) is 1.91. The molecule has 0 spiro atoms. The molecule has 0 saturated heterocycles. The number of alkyl halides is 3. The highest BCUT2D eigenvalue weighted by molar-refractivity contribution is 5.85. The zero-order valence-electron chi connectivity index (χ0n) is 10.8. The third kappa shape index (κ3) is 2.89. The average Bonchev–Trinajstić information content (AvgIpc) is 2.81. The van der Waals surface area contributed by atoms with E-state index in [1.807, 2.05) is 6.92 Å². The van der Waals surface area contributed by atoms with Crippen molar-refractivity contribution >= 4 is 6.29 Å². The Kier molecular flexibility index (Phi) is 3.92. The van der Waals surface area contributed by atoms with Gasteiger partial charge in [0.25, 0.3) is 0 Å². The van der Waals surface area contributed by atoms with Crippen LogP contribution in [0.4, 0.5) is 13.2 Å². The number of aldehydes is 1. The van der Waals surface area contributed by atoms with Gasteiger partial charge in [0.15, 0.2) is 6.29 Å². The molecule has 0 aliphatic carbocycles. The highest BCUT2D eigenvalue weighted by atomic mass is 19.4. The summed E-state index contributed by atoms with van der Waals surface area (Å²) in [7, 11) is 0. The van der Waals surface area contributed by atoms with Crippen LogP contribution >= 0.6 is 0 Å². The van der Waals surface area contributed by atoms with Crippen LogP contribution in [0, 0.1) is 0 Å². The molecule has 6 heteroatoms. The summed E-state index contributed by atoms with van der Waals surface area (Å²) in [4.78, 5) is 11.0. The summed E-state index contributed by atoms with van der Waals surface area (Å²) in [5, 5.41) is 4.24. The van der Waals surface area contributed by atoms with Crippen LogP contribution in [-0.4, -0.2) is 16.1 Å². The molecular formula is C14H13F3N2O. The Hall–Kier alpha value is -2.11. The van der Waals surface area contributed by atoms with Crippen molar-refractivity contribution in [2.45, 2.75) is 26.1 Å². The molecule has 0 saturated carbocycles. The van der Waals surface area contributed by atoms with Crippen LogP contribution in [0.5, 0.6) is 0 Å². The van der Waals surface area contributed by atoms with Crippen molar-refractivity contribution in [2.24, 2.45) is 0 Å². The average molecular weight is 282 g/mol. The molecule has 3 nitrogen and oxygen atoms in total. The first-order valence-electron chi connectivity index (χ1n) is 6.16. The Morgan fingerprint density at radius 1 is 1.25 bits per heavy atom. The van der Waals surface area contributed by atoms with E-state index in [0.29, 0.717) is 29.7 Å². The van der Waals surface area contributed by atoms with Gasteiger partial charge >= 0.3 is 6.18 Å². The van der Waals surface area contributed by atoms with Gasteiger partial charge in [-0.25, -0.2) is 0 Å². The minimum absolute atomic E-state index is 0.373. The van der Waals surface area contributed by atoms with Crippen molar-refractivity contribution in [3.63, 3.8) is 0 Å². The lowest BCUT2D eigenvalue weighted by molar-refractivity contribution is -0.137. The minimum Gasteiger partial charge on any atom is -0.298 e. The summed E-state index contributed by atoms with van der Waals surface area (Å²) in [6.07, 6.45) is -1.25. The first-order chi connectivity index (χ1) is 9.45. The number of carbonyl (C=O) groups is 1. The van der Waals surface area contributed by atoms with Crippen molar-refractivity contribution in [3.8, 4) is 11.3 Å². The Bertz CT molecular complexity index is 600. The van der Waals surface area contributed by atoms with Gasteiger partial charge in [0.05, 0.1) is 11.1 Å². The molecule has 1 aromatic heterocycles. The summed E-state index contributed by atoms with van der Waals surface area (Å²) < 4.78 is 39.1. The lowest BCUT2D eigenvalue weighted by atomic mass is 10.1. The van der Waals surface area contributed by atoms with E-state index in [-0.39, 0.29) is 0 Å². The SMILES string of the molecule is CCCn1cc(C=O)c(-c2ccc(C(F)(F)F)cc2)n1. The van der Waals surface area contributed by atoms with Crippen molar-refractivity contribution in [1.82, 2.24) is 9.78 Å². The molecule has 1 aromatic carbocycles. The largest absolute Gasteiger partial charge is 0.416 e. The summed E-state index contributed by atoms with van der Waals surface area (Å²) in [6.45, 7) is 2.63. The maximum absolute atomic E-state index is 12.5. The number of aromatic nitrogens is 2. The number of hydrogen-bond donors (Lipinski definition) is 0. The van der Waals surface area contributed by atoms with Gasteiger partial charge < -0.3 is 0 Å². The van der Waals surface area contributed by atoms with Crippen LogP contribution in [-0.2, 0) is 12.7 Å². The number of carbonyl (C=O) groups excluding carboxylic acids is 1. The second-order valence-corrected chi connectivity index (χ2v) is 4.39. The fraction of sp³-hybridized carbons (Fsp3) is 0.286. The Morgan fingerprint density at radius 2 is 1.90 bits per heavy atom. The highest BCUT2D eigenvalue weighted by Crippen LogP contribution is 2.31. The monoisotopic (exact) mass is 282 g/mol. The van der Waals surface area contributed by atoms with Gasteiger partial charge in [0, 0.05) is 18.3 Å². The normalized spacial score (nSPS) is 11.6. The maximum Gasteiger partial charge on any atom is 0.416 e. The van der Waals surface area contributed by atoms with Crippen LogP contribution in [0.25, 0.3) is 11.3 Å². The molecular weight excluding hydrogens is 269 g/mol. The lowest BCUT2D eigenvalue weighted by Gasteiger charge is -2.06. The first kappa shape index (κ1) is 14.3. The Morgan fingerprint density at radius 3 is 2.40 bits per heavy atom. The molecule has 1 heterocycles. The summed E-state index contributed by atoms with van der Waals surface area (Å²) >= 11 is 0. The molecule has 0 aliphatic heterocycles. The third-order valence-electron chi connectivity index (χ3n) is 2.86. The van der Waals surface area contributed by atoms with Crippen LogP contribution in [0.2, 0.25) is 0 Å². The van der Waals surface area contributed by atoms with E-state index in [9.17, 15) is 18.0 Å². The number of hydrogen-bond acceptors (Lipinski definition) is 2. The smallest absolute Gasteiger partial charge is 0.298 e. The first-order valence-corrected chi connectivity index (χ1v) is 6.16. The molecule has 0 radical (unpaired) electrons. The topological polar surface area (TPSA) is 34.9 Å². The molecule has 0 atom stereocenters. The van der Waals surface area contributed by atoms with Gasteiger partial charge in [-0.05, 0) is 18.6 Å². The summed E-state index contributed by atoms with van der Waals surface area (Å²) in [5.74, 6) is 0. The molecule has 0 unspecified atom stereocenters. The van der Waals surface area contributed by atoms with Gasteiger partial charge in [-0.2, -0.15) is 18.3 Å². The molecule has 0 N–H and O–H groups in total. The van der Waals surface area contributed by atoms with Crippen molar-refractivity contribution < 1.29 is 18.0 Å². The van der Waals surface area contributed by atoms with Crippen molar-refractivity contribution in [1.29, 1.82) is 0 Å². The maximum atomic E-state index is 12.5. The molecule has 106 valence electrons. The molecule has 0 bridgehead atoms. The Balaban J connectivity index is 2.38. The summed E-state index contributed by atoms with van der Waals surface area (Å²) in [6, 6.07) is 4.63. The second-order valence-electron chi connectivity index (χ2n) is 4.39. The van der Waals surface area contributed by atoms with Crippen LogP contribution in [0.15, 0.2) is 30.5 Å². The quantitative estimate of drug-likeness (QED) is 0.800. The number of rotatable bonds is 4. The second kappa shape index (κ2) is 5.48. The van der Waals surface area contributed by atoms with Gasteiger partial charge in [-0.15, -0.1) is 0 Å². The fourth-order valence-electron chi connectivity index (χ4n) is 1.91. The van der Waals surface area contributed by atoms with E-state index in [4.69, 9.17) is 0 Å². The number of benzene rings is 1. The van der Waals surface area contributed by atoms with Crippen molar-refractivity contribution in [2.75, 3.05) is 0 Å². The molecule has 2 rings (SSSR count). The van der Waals surface area contributed by atoms with E-state index >= 15 is 0 Å². The van der Waals surface area contributed by atoms with E-state index < -0.39 is 11.7 Å². The van der Waals surface area contributed by atoms with Crippen LogP contribution in [0.3, 0.4) is 0 Å². The lowest BCUT2D eigenvalue weighted by Crippen LogP contribution is -2.04.